The topological polar surface area (TPSA) is 75.5 Å². The zero-order valence-electron chi connectivity index (χ0n) is 16.3. The molecule has 1 saturated heterocycles. The van der Waals surface area contributed by atoms with E-state index in [-0.39, 0.29) is 19.0 Å². The molecule has 1 amide bonds. The van der Waals surface area contributed by atoms with Gasteiger partial charge in [-0.15, -0.1) is 0 Å². The van der Waals surface area contributed by atoms with Crippen LogP contribution in [0.2, 0.25) is 0 Å². The molecule has 2 aromatic carbocycles. The molecular formula is C22H22N4O3S. The average Bonchev–Trinajstić information content (AvgIpc) is 3.33. The first-order valence-electron chi connectivity index (χ1n) is 9.65. The maximum Gasteiger partial charge on any atom is 0.253 e. The summed E-state index contributed by atoms with van der Waals surface area (Å²) in [7, 11) is -3.52. The summed E-state index contributed by atoms with van der Waals surface area (Å²) >= 11 is 0. The molecule has 0 bridgehead atoms. The van der Waals surface area contributed by atoms with Crippen LogP contribution in [-0.2, 0) is 10.0 Å². The molecule has 0 spiro atoms. The highest BCUT2D eigenvalue weighted by Crippen LogP contribution is 2.15. The van der Waals surface area contributed by atoms with Gasteiger partial charge in [-0.3, -0.25) is 4.79 Å². The number of hydrogen-bond donors (Lipinski definition) is 0. The largest absolute Gasteiger partial charge is 0.336 e. The fourth-order valence-corrected chi connectivity index (χ4v) is 4.49. The van der Waals surface area contributed by atoms with Crippen molar-refractivity contribution in [3.05, 3.63) is 89.6 Å². The van der Waals surface area contributed by atoms with E-state index in [1.807, 2.05) is 54.7 Å². The number of benzene rings is 2. The van der Waals surface area contributed by atoms with Crippen molar-refractivity contribution >= 4 is 22.0 Å². The van der Waals surface area contributed by atoms with Crippen molar-refractivity contribution in [1.82, 2.24) is 19.0 Å². The van der Waals surface area contributed by atoms with Crippen LogP contribution in [0.15, 0.2) is 78.5 Å². The van der Waals surface area contributed by atoms with Gasteiger partial charge in [0.15, 0.2) is 0 Å². The lowest BCUT2D eigenvalue weighted by molar-refractivity contribution is 0.0698. The number of carbonyl (C=O) groups is 1. The van der Waals surface area contributed by atoms with Gasteiger partial charge in [0.05, 0.1) is 5.69 Å². The van der Waals surface area contributed by atoms with E-state index >= 15 is 0 Å². The molecule has 4 rings (SSSR count). The summed E-state index contributed by atoms with van der Waals surface area (Å²) in [6.45, 7) is 1.27. The van der Waals surface area contributed by atoms with Crippen LogP contribution >= 0.6 is 0 Å². The minimum absolute atomic E-state index is 0.0982. The first-order valence-corrected chi connectivity index (χ1v) is 11.2. The van der Waals surface area contributed by atoms with Gasteiger partial charge in [0.2, 0.25) is 10.0 Å². The highest BCUT2D eigenvalue weighted by Gasteiger charge is 2.27. The Bertz CT molecular complexity index is 1120. The summed E-state index contributed by atoms with van der Waals surface area (Å²) < 4.78 is 28.3. The van der Waals surface area contributed by atoms with Crippen LogP contribution in [-0.4, -0.2) is 59.5 Å². The average molecular weight is 423 g/mol. The van der Waals surface area contributed by atoms with E-state index in [1.165, 1.54) is 9.71 Å². The minimum Gasteiger partial charge on any atom is -0.336 e. The predicted octanol–water partition coefficient (Wildman–Crippen LogP) is 2.63. The van der Waals surface area contributed by atoms with E-state index in [2.05, 4.69) is 5.10 Å². The summed E-state index contributed by atoms with van der Waals surface area (Å²) in [5.74, 6) is -0.0982. The minimum atomic E-state index is -3.52. The Balaban J connectivity index is 1.37. The van der Waals surface area contributed by atoms with Crippen molar-refractivity contribution in [2.75, 3.05) is 26.2 Å². The third-order valence-electron chi connectivity index (χ3n) is 5.00. The number of amides is 1. The van der Waals surface area contributed by atoms with Crippen LogP contribution in [0.4, 0.5) is 0 Å². The fourth-order valence-electron chi connectivity index (χ4n) is 3.32. The Kier molecular flexibility index (Phi) is 5.78. The maximum absolute atomic E-state index is 12.8. The van der Waals surface area contributed by atoms with E-state index < -0.39 is 10.0 Å². The van der Waals surface area contributed by atoms with Crippen molar-refractivity contribution in [2.45, 2.75) is 0 Å². The highest BCUT2D eigenvalue weighted by molar-refractivity contribution is 7.92. The quantitative estimate of drug-likeness (QED) is 0.634. The molecule has 3 aromatic rings. The standard InChI is InChI=1S/C22H22N4O3S/c27-22(20-7-9-21(10-8-20)26-13-4-12-23-26)24-14-16-25(17-15-24)30(28,29)18-11-19-5-2-1-3-6-19/h1-13,18H,14-17H2. The van der Waals surface area contributed by atoms with Gasteiger partial charge in [-0.05, 0) is 42.0 Å². The molecule has 0 atom stereocenters. The summed E-state index contributed by atoms with van der Waals surface area (Å²) in [6, 6.07) is 18.4. The summed E-state index contributed by atoms with van der Waals surface area (Å²) in [5, 5.41) is 5.40. The van der Waals surface area contributed by atoms with Crippen LogP contribution in [0.1, 0.15) is 15.9 Å². The normalized spacial score (nSPS) is 15.5. The van der Waals surface area contributed by atoms with Gasteiger partial charge >= 0.3 is 0 Å². The van der Waals surface area contributed by atoms with Crippen molar-refractivity contribution in [3.8, 4) is 5.69 Å². The van der Waals surface area contributed by atoms with Gasteiger partial charge in [-0.1, -0.05) is 30.3 Å². The SMILES string of the molecule is O=C(c1ccc(-n2cccn2)cc1)N1CCN(S(=O)(=O)C=Cc2ccccc2)CC1. The van der Waals surface area contributed by atoms with Crippen molar-refractivity contribution in [1.29, 1.82) is 0 Å². The molecule has 1 aliphatic rings. The van der Waals surface area contributed by atoms with E-state index in [9.17, 15) is 13.2 Å². The maximum atomic E-state index is 12.8. The Hall–Kier alpha value is -3.23. The van der Waals surface area contributed by atoms with E-state index in [0.29, 0.717) is 18.7 Å². The number of rotatable bonds is 5. The Morgan fingerprint density at radius 2 is 1.60 bits per heavy atom. The highest BCUT2D eigenvalue weighted by atomic mass is 32.2. The molecule has 1 aliphatic heterocycles. The third kappa shape index (κ3) is 4.50. The van der Waals surface area contributed by atoms with Crippen molar-refractivity contribution < 1.29 is 13.2 Å². The van der Waals surface area contributed by atoms with Gasteiger partial charge in [0.1, 0.15) is 0 Å². The molecule has 2 heterocycles. The van der Waals surface area contributed by atoms with Crippen LogP contribution in [0.5, 0.6) is 0 Å². The number of carbonyl (C=O) groups excluding carboxylic acids is 1. The number of piperazine rings is 1. The molecule has 0 N–H and O–H groups in total. The van der Waals surface area contributed by atoms with Crippen LogP contribution in [0.3, 0.4) is 0 Å². The second kappa shape index (κ2) is 8.64. The van der Waals surface area contributed by atoms with Gasteiger partial charge in [-0.2, -0.15) is 9.40 Å². The zero-order chi connectivity index (χ0) is 21.0. The van der Waals surface area contributed by atoms with Gasteiger partial charge in [-0.25, -0.2) is 13.1 Å². The van der Waals surface area contributed by atoms with Crippen molar-refractivity contribution in [3.63, 3.8) is 0 Å². The van der Waals surface area contributed by atoms with Crippen LogP contribution in [0, 0.1) is 0 Å². The molecule has 1 aromatic heterocycles. The van der Waals surface area contributed by atoms with Crippen molar-refractivity contribution in [2.24, 2.45) is 0 Å². The molecule has 0 saturated carbocycles. The lowest BCUT2D eigenvalue weighted by Crippen LogP contribution is -2.50. The number of nitrogens with zero attached hydrogens (tertiary/aromatic N) is 4. The number of aromatic nitrogens is 2. The van der Waals surface area contributed by atoms with E-state index in [1.54, 1.807) is 34.0 Å². The second-order valence-electron chi connectivity index (χ2n) is 6.95. The van der Waals surface area contributed by atoms with Gasteiger partial charge in [0.25, 0.3) is 5.91 Å². The van der Waals surface area contributed by atoms with Crippen LogP contribution < -0.4 is 0 Å². The lowest BCUT2D eigenvalue weighted by Gasteiger charge is -2.33. The van der Waals surface area contributed by atoms with Crippen LogP contribution in [0.25, 0.3) is 11.8 Å². The molecule has 30 heavy (non-hydrogen) atoms. The van der Waals surface area contributed by atoms with Gasteiger partial charge in [0, 0.05) is 49.5 Å². The predicted molar refractivity (Wildman–Crippen MR) is 115 cm³/mol. The van der Waals surface area contributed by atoms with E-state index in [0.717, 1.165) is 11.3 Å². The number of hydrogen-bond acceptors (Lipinski definition) is 4. The summed E-state index contributed by atoms with van der Waals surface area (Å²) in [6.07, 6.45) is 5.12. The Morgan fingerprint density at radius 1 is 0.900 bits per heavy atom. The third-order valence-corrected chi connectivity index (χ3v) is 6.57. The zero-order valence-corrected chi connectivity index (χ0v) is 17.1. The Labute approximate surface area is 175 Å². The molecule has 8 heteroatoms. The Morgan fingerprint density at radius 3 is 2.23 bits per heavy atom. The molecule has 0 radical (unpaired) electrons. The summed E-state index contributed by atoms with van der Waals surface area (Å²) in [4.78, 5) is 14.5. The van der Waals surface area contributed by atoms with E-state index in [4.69, 9.17) is 0 Å². The molecular weight excluding hydrogens is 400 g/mol. The molecule has 7 nitrogen and oxygen atoms in total. The fraction of sp³-hybridized carbons (Fsp3) is 0.182. The molecule has 154 valence electrons. The monoisotopic (exact) mass is 422 g/mol. The second-order valence-corrected chi connectivity index (χ2v) is 8.77. The first kappa shape index (κ1) is 20.1. The molecule has 1 fully saturated rings. The summed E-state index contributed by atoms with van der Waals surface area (Å²) in [5.41, 5.74) is 2.28. The number of sulfonamides is 1. The first-order chi connectivity index (χ1) is 14.5. The lowest BCUT2D eigenvalue weighted by atomic mass is 10.1. The smallest absolute Gasteiger partial charge is 0.253 e. The molecule has 0 unspecified atom stereocenters. The van der Waals surface area contributed by atoms with Gasteiger partial charge < -0.3 is 4.90 Å². The molecule has 0 aliphatic carbocycles.